The lowest BCUT2D eigenvalue weighted by molar-refractivity contribution is 0.0195. The van der Waals surface area contributed by atoms with Crippen molar-refractivity contribution in [3.05, 3.63) is 46.1 Å². The number of aromatic nitrogens is 2. The number of amides is 3. The SMILES string of the molecule is CC(C)(C)OC(=O)N1CCn2cc(C(=O)Nc3c(C(N)=O)oc4ccc(Br)cc34)nc2C1. The number of carbonyl (C=O) groups excluding carboxylic acids is 3. The summed E-state index contributed by atoms with van der Waals surface area (Å²) in [5.74, 6) is -0.917. The Morgan fingerprint density at radius 2 is 2.00 bits per heavy atom. The number of benzene rings is 1. The molecule has 1 aliphatic rings. The molecule has 10 nitrogen and oxygen atoms in total. The number of hydrogen-bond acceptors (Lipinski definition) is 6. The molecule has 1 aromatic carbocycles. The third-order valence-corrected chi connectivity index (χ3v) is 5.29. The minimum atomic E-state index is -0.801. The molecule has 3 N–H and O–H groups in total. The van der Waals surface area contributed by atoms with Gasteiger partial charge in [0, 0.05) is 29.1 Å². The molecule has 1 aliphatic heterocycles. The molecule has 0 spiro atoms. The van der Waals surface area contributed by atoms with Gasteiger partial charge in [0.15, 0.2) is 0 Å². The molecule has 168 valence electrons. The molecule has 0 aliphatic carbocycles. The van der Waals surface area contributed by atoms with Crippen LogP contribution in [0.15, 0.2) is 33.3 Å². The van der Waals surface area contributed by atoms with Gasteiger partial charge in [-0.15, -0.1) is 0 Å². The smallest absolute Gasteiger partial charge is 0.410 e. The predicted molar refractivity (Wildman–Crippen MR) is 119 cm³/mol. The molecule has 3 heterocycles. The zero-order chi connectivity index (χ0) is 23.2. The molecule has 11 heteroatoms. The van der Waals surface area contributed by atoms with Crippen molar-refractivity contribution >= 4 is 50.5 Å². The molecule has 3 amide bonds. The van der Waals surface area contributed by atoms with Gasteiger partial charge in [0.2, 0.25) is 5.76 Å². The zero-order valence-electron chi connectivity index (χ0n) is 17.8. The van der Waals surface area contributed by atoms with Crippen LogP contribution in [0.25, 0.3) is 11.0 Å². The second-order valence-electron chi connectivity index (χ2n) is 8.40. The summed E-state index contributed by atoms with van der Waals surface area (Å²) >= 11 is 3.37. The van der Waals surface area contributed by atoms with Gasteiger partial charge in [-0.2, -0.15) is 0 Å². The molecule has 2 aromatic heterocycles. The Morgan fingerprint density at radius 1 is 1.25 bits per heavy atom. The number of furan rings is 1. The summed E-state index contributed by atoms with van der Waals surface area (Å²) in [5.41, 5.74) is 5.57. The van der Waals surface area contributed by atoms with E-state index in [1.54, 1.807) is 50.1 Å². The minimum Gasteiger partial charge on any atom is -0.449 e. The zero-order valence-corrected chi connectivity index (χ0v) is 19.4. The highest BCUT2D eigenvalue weighted by molar-refractivity contribution is 9.10. The summed E-state index contributed by atoms with van der Waals surface area (Å²) in [6.07, 6.45) is 1.18. The van der Waals surface area contributed by atoms with E-state index >= 15 is 0 Å². The third-order valence-electron chi connectivity index (χ3n) is 4.80. The van der Waals surface area contributed by atoms with Crippen LogP contribution in [0.3, 0.4) is 0 Å². The van der Waals surface area contributed by atoms with E-state index in [-0.39, 0.29) is 23.7 Å². The van der Waals surface area contributed by atoms with E-state index in [4.69, 9.17) is 14.9 Å². The number of rotatable bonds is 3. The molecule has 4 rings (SSSR count). The van der Waals surface area contributed by atoms with Gasteiger partial charge in [-0.05, 0) is 39.0 Å². The molecule has 0 atom stereocenters. The topological polar surface area (TPSA) is 133 Å². The van der Waals surface area contributed by atoms with E-state index < -0.39 is 23.5 Å². The number of ether oxygens (including phenoxy) is 1. The van der Waals surface area contributed by atoms with Crippen molar-refractivity contribution in [3.63, 3.8) is 0 Å². The standard InChI is InChI=1S/C21H22BrN5O5/c1-21(2,3)32-20(30)27-7-6-26-9-13(24-15(26)10-27)19(29)25-16-12-8-11(22)4-5-14(12)31-17(16)18(23)28/h4-5,8-9H,6-7,10H2,1-3H3,(H2,23,28)(H,25,29). The Morgan fingerprint density at radius 3 is 2.69 bits per heavy atom. The van der Waals surface area contributed by atoms with Crippen molar-refractivity contribution < 1.29 is 23.5 Å². The molecule has 0 saturated carbocycles. The lowest BCUT2D eigenvalue weighted by Crippen LogP contribution is -2.41. The molecular weight excluding hydrogens is 482 g/mol. The summed E-state index contributed by atoms with van der Waals surface area (Å²) in [5, 5.41) is 3.23. The largest absolute Gasteiger partial charge is 0.449 e. The van der Waals surface area contributed by atoms with Crippen molar-refractivity contribution in [1.82, 2.24) is 14.5 Å². The molecule has 3 aromatic rings. The van der Waals surface area contributed by atoms with Crippen LogP contribution in [0, 0.1) is 0 Å². The number of nitrogens with two attached hydrogens (primary N) is 1. The fraction of sp³-hybridized carbons (Fsp3) is 0.333. The number of nitrogens with one attached hydrogen (secondary N) is 1. The van der Waals surface area contributed by atoms with E-state index in [0.717, 1.165) is 4.47 Å². The third kappa shape index (κ3) is 4.33. The van der Waals surface area contributed by atoms with Crippen LogP contribution in [0.5, 0.6) is 0 Å². The number of anilines is 1. The number of halogens is 1. The van der Waals surface area contributed by atoms with Gasteiger partial charge in [-0.25, -0.2) is 9.78 Å². The average molecular weight is 504 g/mol. The van der Waals surface area contributed by atoms with Crippen molar-refractivity contribution in [2.75, 3.05) is 11.9 Å². The first-order valence-electron chi connectivity index (χ1n) is 9.89. The van der Waals surface area contributed by atoms with Crippen LogP contribution >= 0.6 is 15.9 Å². The fourth-order valence-electron chi connectivity index (χ4n) is 3.39. The van der Waals surface area contributed by atoms with E-state index in [1.165, 1.54) is 0 Å². The van der Waals surface area contributed by atoms with Gasteiger partial charge in [-0.1, -0.05) is 15.9 Å². The molecule has 0 bridgehead atoms. The monoisotopic (exact) mass is 503 g/mol. The molecule has 32 heavy (non-hydrogen) atoms. The van der Waals surface area contributed by atoms with Crippen LogP contribution in [-0.2, 0) is 17.8 Å². The number of imidazole rings is 1. The second-order valence-corrected chi connectivity index (χ2v) is 9.32. The summed E-state index contributed by atoms with van der Waals surface area (Å²) in [6, 6.07) is 5.14. The number of primary amides is 1. The van der Waals surface area contributed by atoms with E-state index in [2.05, 4.69) is 26.2 Å². The number of carbonyl (C=O) groups is 3. The van der Waals surface area contributed by atoms with E-state index in [1.807, 2.05) is 4.57 Å². The predicted octanol–water partition coefficient (Wildman–Crippen LogP) is 3.49. The Balaban J connectivity index is 1.57. The highest BCUT2D eigenvalue weighted by Crippen LogP contribution is 2.33. The molecule has 0 fully saturated rings. The second kappa shape index (κ2) is 7.97. The highest BCUT2D eigenvalue weighted by atomic mass is 79.9. The first kappa shape index (κ1) is 21.9. The van der Waals surface area contributed by atoms with Crippen LogP contribution < -0.4 is 11.1 Å². The van der Waals surface area contributed by atoms with Crippen LogP contribution in [0.4, 0.5) is 10.5 Å². The molecule has 0 unspecified atom stereocenters. The maximum Gasteiger partial charge on any atom is 0.410 e. The normalized spacial score (nSPS) is 13.7. The summed E-state index contributed by atoms with van der Waals surface area (Å²) in [6.45, 7) is 6.54. The van der Waals surface area contributed by atoms with Gasteiger partial charge in [0.05, 0.1) is 6.54 Å². The number of fused-ring (bicyclic) bond motifs is 2. The average Bonchev–Trinajstić information content (AvgIpc) is 3.28. The quantitative estimate of drug-likeness (QED) is 0.561. The summed E-state index contributed by atoms with van der Waals surface area (Å²) in [4.78, 5) is 43.1. The highest BCUT2D eigenvalue weighted by Gasteiger charge is 2.28. The molecule has 0 radical (unpaired) electrons. The van der Waals surface area contributed by atoms with Gasteiger partial charge in [0.1, 0.15) is 28.4 Å². The maximum atomic E-state index is 12.9. The Hall–Kier alpha value is -3.34. The van der Waals surface area contributed by atoms with Crippen molar-refractivity contribution in [1.29, 1.82) is 0 Å². The van der Waals surface area contributed by atoms with Crippen LogP contribution in [0.2, 0.25) is 0 Å². The van der Waals surface area contributed by atoms with Crippen molar-refractivity contribution in [2.45, 2.75) is 39.5 Å². The van der Waals surface area contributed by atoms with Crippen molar-refractivity contribution in [3.8, 4) is 0 Å². The molecule has 0 saturated heterocycles. The Bertz CT molecular complexity index is 1240. The summed E-state index contributed by atoms with van der Waals surface area (Å²) < 4.78 is 13.5. The van der Waals surface area contributed by atoms with Gasteiger partial charge in [-0.3, -0.25) is 14.5 Å². The first-order valence-corrected chi connectivity index (χ1v) is 10.7. The van der Waals surface area contributed by atoms with Gasteiger partial charge in [0.25, 0.3) is 11.8 Å². The summed E-state index contributed by atoms with van der Waals surface area (Å²) in [7, 11) is 0. The van der Waals surface area contributed by atoms with Gasteiger partial charge < -0.3 is 24.8 Å². The van der Waals surface area contributed by atoms with Crippen molar-refractivity contribution in [2.24, 2.45) is 5.73 Å². The number of nitrogens with zero attached hydrogens (tertiary/aromatic N) is 3. The fourth-order valence-corrected chi connectivity index (χ4v) is 3.75. The maximum absolute atomic E-state index is 12.9. The van der Waals surface area contributed by atoms with E-state index in [0.29, 0.717) is 29.9 Å². The van der Waals surface area contributed by atoms with Gasteiger partial charge >= 0.3 is 6.09 Å². The van der Waals surface area contributed by atoms with Crippen LogP contribution in [-0.4, -0.2) is 44.5 Å². The molecular formula is C21H22BrN5O5. The first-order chi connectivity index (χ1) is 15.0. The lowest BCUT2D eigenvalue weighted by Gasteiger charge is -2.30. The van der Waals surface area contributed by atoms with E-state index in [9.17, 15) is 14.4 Å². The Kier molecular flexibility index (Phi) is 5.45. The Labute approximate surface area is 191 Å². The minimum absolute atomic E-state index is 0.144. The van der Waals surface area contributed by atoms with Crippen LogP contribution in [0.1, 0.15) is 47.6 Å². The number of hydrogen-bond donors (Lipinski definition) is 2. The lowest BCUT2D eigenvalue weighted by atomic mass is 10.2.